The van der Waals surface area contributed by atoms with Crippen LogP contribution in [0.25, 0.3) is 10.9 Å². The topological polar surface area (TPSA) is 72.4 Å². The van der Waals surface area contributed by atoms with E-state index in [-0.39, 0.29) is 17.7 Å². The maximum atomic E-state index is 13.1. The standard InChI is InChI=1S/C23H25F2N5O2/c1-12(14-5-4-6-15(7-14)21(24)25)26-22-18-9-19(30-10-17-8-16(30)11-32-17)23(31-3)27-20(18)13(2)28-29-22/h4-7,9,12,16-17,21H,8,10-11H2,1-3H3,(H,26,29)/t12-,16?,17?/m1/s1. The van der Waals surface area contributed by atoms with E-state index in [1.807, 2.05) is 26.0 Å². The van der Waals surface area contributed by atoms with Crippen molar-refractivity contribution < 1.29 is 18.3 Å². The Morgan fingerprint density at radius 3 is 2.72 bits per heavy atom. The van der Waals surface area contributed by atoms with Crippen molar-refractivity contribution in [1.29, 1.82) is 0 Å². The third-order valence-electron chi connectivity index (χ3n) is 6.29. The molecule has 4 heterocycles. The van der Waals surface area contributed by atoms with Gasteiger partial charge in [-0.1, -0.05) is 18.2 Å². The van der Waals surface area contributed by atoms with Crippen LogP contribution in [-0.4, -0.2) is 47.6 Å². The van der Waals surface area contributed by atoms with Gasteiger partial charge in [0.2, 0.25) is 5.88 Å². The van der Waals surface area contributed by atoms with Crippen LogP contribution in [0.3, 0.4) is 0 Å². The predicted octanol–water partition coefficient (Wildman–Crippen LogP) is 4.43. The molecule has 0 aliphatic carbocycles. The van der Waals surface area contributed by atoms with Gasteiger partial charge in [-0.25, -0.2) is 13.8 Å². The van der Waals surface area contributed by atoms with E-state index in [0.717, 1.165) is 29.6 Å². The number of hydrogen-bond acceptors (Lipinski definition) is 7. The fourth-order valence-corrected chi connectivity index (χ4v) is 4.58. The molecule has 1 aromatic carbocycles. The molecule has 0 spiro atoms. The number of hydrogen-bond donors (Lipinski definition) is 1. The molecule has 32 heavy (non-hydrogen) atoms. The second kappa shape index (κ2) is 8.12. The molecule has 2 aliphatic rings. The molecule has 2 aliphatic heterocycles. The second-order valence-electron chi connectivity index (χ2n) is 8.38. The van der Waals surface area contributed by atoms with Gasteiger partial charge in [0, 0.05) is 17.5 Å². The minimum atomic E-state index is -2.51. The summed E-state index contributed by atoms with van der Waals surface area (Å²) in [7, 11) is 1.61. The number of fused-ring (bicyclic) bond motifs is 3. The Bertz CT molecular complexity index is 1160. The summed E-state index contributed by atoms with van der Waals surface area (Å²) in [6, 6.07) is 8.49. The van der Waals surface area contributed by atoms with Crippen molar-refractivity contribution >= 4 is 22.4 Å². The number of pyridine rings is 1. The van der Waals surface area contributed by atoms with Gasteiger partial charge in [0.25, 0.3) is 6.43 Å². The SMILES string of the molecule is COc1nc2c(C)nnc(N[C@H](C)c3cccc(C(F)F)c3)c2cc1N1CC2CC1CO2. The maximum absolute atomic E-state index is 13.1. The van der Waals surface area contributed by atoms with E-state index in [9.17, 15) is 8.78 Å². The second-order valence-corrected chi connectivity index (χ2v) is 8.38. The van der Waals surface area contributed by atoms with Crippen LogP contribution in [0.4, 0.5) is 20.3 Å². The van der Waals surface area contributed by atoms with E-state index in [2.05, 4.69) is 20.4 Å². The van der Waals surface area contributed by atoms with Crippen LogP contribution in [0.1, 0.15) is 42.6 Å². The van der Waals surface area contributed by atoms with Crippen LogP contribution in [0.2, 0.25) is 0 Å². The lowest BCUT2D eigenvalue weighted by Gasteiger charge is -2.30. The number of halogens is 2. The number of aromatic nitrogens is 3. The first-order valence-electron chi connectivity index (χ1n) is 10.7. The molecule has 3 aromatic rings. The Morgan fingerprint density at radius 2 is 2.03 bits per heavy atom. The van der Waals surface area contributed by atoms with Crippen molar-refractivity contribution in [1.82, 2.24) is 15.2 Å². The van der Waals surface area contributed by atoms with Crippen LogP contribution < -0.4 is 15.0 Å². The Hall–Kier alpha value is -3.07. The van der Waals surface area contributed by atoms with Gasteiger partial charge in [-0.2, -0.15) is 5.10 Å². The quantitative estimate of drug-likeness (QED) is 0.607. The van der Waals surface area contributed by atoms with Crippen molar-refractivity contribution in [2.24, 2.45) is 0 Å². The van der Waals surface area contributed by atoms with E-state index < -0.39 is 6.43 Å². The van der Waals surface area contributed by atoms with Crippen LogP contribution in [0, 0.1) is 6.92 Å². The highest BCUT2D eigenvalue weighted by Crippen LogP contribution is 2.40. The van der Waals surface area contributed by atoms with E-state index >= 15 is 0 Å². The monoisotopic (exact) mass is 441 g/mol. The Kier molecular flexibility index (Phi) is 5.28. The first-order chi connectivity index (χ1) is 15.4. The van der Waals surface area contributed by atoms with Crippen molar-refractivity contribution in [3.8, 4) is 5.88 Å². The number of nitrogens with one attached hydrogen (secondary N) is 1. The maximum Gasteiger partial charge on any atom is 0.263 e. The van der Waals surface area contributed by atoms with Gasteiger partial charge >= 0.3 is 0 Å². The molecule has 0 amide bonds. The van der Waals surface area contributed by atoms with Crippen LogP contribution >= 0.6 is 0 Å². The summed E-state index contributed by atoms with van der Waals surface area (Å²) < 4.78 is 37.6. The molecule has 2 aromatic heterocycles. The zero-order valence-electron chi connectivity index (χ0n) is 18.2. The molecule has 2 fully saturated rings. The average Bonchev–Trinajstić information content (AvgIpc) is 3.44. The minimum Gasteiger partial charge on any atom is -0.480 e. The first-order valence-corrected chi connectivity index (χ1v) is 10.7. The normalized spacial score (nSPS) is 20.9. The number of alkyl halides is 2. The van der Waals surface area contributed by atoms with Gasteiger partial charge in [0.15, 0.2) is 5.82 Å². The zero-order chi connectivity index (χ0) is 22.4. The van der Waals surface area contributed by atoms with Crippen LogP contribution in [0.15, 0.2) is 30.3 Å². The summed E-state index contributed by atoms with van der Waals surface area (Å²) in [6.07, 6.45) is -1.28. The van der Waals surface area contributed by atoms with E-state index in [0.29, 0.717) is 35.6 Å². The van der Waals surface area contributed by atoms with Crippen molar-refractivity contribution in [3.05, 3.63) is 47.2 Å². The smallest absolute Gasteiger partial charge is 0.263 e. The fourth-order valence-electron chi connectivity index (χ4n) is 4.58. The number of ether oxygens (including phenoxy) is 2. The van der Waals surface area contributed by atoms with Gasteiger partial charge in [0.05, 0.1) is 37.6 Å². The van der Waals surface area contributed by atoms with Crippen molar-refractivity contribution in [2.75, 3.05) is 30.5 Å². The lowest BCUT2D eigenvalue weighted by molar-refractivity contribution is 0.0989. The van der Waals surface area contributed by atoms with Gasteiger partial charge < -0.3 is 19.7 Å². The summed E-state index contributed by atoms with van der Waals surface area (Å²) in [5.41, 5.74) is 3.02. The lowest BCUT2D eigenvalue weighted by atomic mass is 10.0. The van der Waals surface area contributed by atoms with Crippen molar-refractivity contribution in [3.63, 3.8) is 0 Å². The third kappa shape index (κ3) is 3.60. The highest BCUT2D eigenvalue weighted by atomic mass is 19.3. The number of methoxy groups -OCH3 is 1. The summed E-state index contributed by atoms with van der Waals surface area (Å²) in [5.74, 6) is 1.10. The highest BCUT2D eigenvalue weighted by molar-refractivity contribution is 5.94. The summed E-state index contributed by atoms with van der Waals surface area (Å²) >= 11 is 0. The molecular weight excluding hydrogens is 416 g/mol. The number of morpholine rings is 1. The molecule has 2 bridgehead atoms. The Morgan fingerprint density at radius 1 is 1.22 bits per heavy atom. The molecule has 5 rings (SSSR count). The van der Waals surface area contributed by atoms with E-state index in [1.54, 1.807) is 13.2 Å². The molecular formula is C23H25F2N5O2. The van der Waals surface area contributed by atoms with Gasteiger partial charge in [-0.3, -0.25) is 0 Å². The molecule has 1 N–H and O–H groups in total. The van der Waals surface area contributed by atoms with Crippen LogP contribution in [-0.2, 0) is 4.74 Å². The molecule has 2 saturated heterocycles. The number of anilines is 2. The molecule has 7 nitrogen and oxygen atoms in total. The zero-order valence-corrected chi connectivity index (χ0v) is 18.2. The fraction of sp³-hybridized carbons (Fsp3) is 0.435. The van der Waals surface area contributed by atoms with E-state index in [1.165, 1.54) is 12.1 Å². The predicted molar refractivity (Wildman–Crippen MR) is 118 cm³/mol. The number of rotatable bonds is 6. The number of aryl methyl sites for hydroxylation is 1. The molecule has 3 atom stereocenters. The lowest BCUT2D eigenvalue weighted by Crippen LogP contribution is -2.37. The molecule has 9 heteroatoms. The molecule has 168 valence electrons. The average molecular weight is 441 g/mol. The highest BCUT2D eigenvalue weighted by Gasteiger charge is 2.40. The Balaban J connectivity index is 1.54. The van der Waals surface area contributed by atoms with E-state index in [4.69, 9.17) is 14.5 Å². The Labute approximate surface area is 184 Å². The molecule has 0 saturated carbocycles. The number of nitrogens with zero attached hydrogens (tertiary/aromatic N) is 4. The largest absolute Gasteiger partial charge is 0.480 e. The first kappa shape index (κ1) is 20.8. The summed E-state index contributed by atoms with van der Waals surface area (Å²) in [5, 5.41) is 12.8. The van der Waals surface area contributed by atoms with Gasteiger partial charge in [-0.05, 0) is 38.0 Å². The van der Waals surface area contributed by atoms with Crippen molar-refractivity contribution in [2.45, 2.75) is 44.9 Å². The van der Waals surface area contributed by atoms with Gasteiger partial charge in [-0.15, -0.1) is 5.10 Å². The summed E-state index contributed by atoms with van der Waals surface area (Å²) in [4.78, 5) is 7.04. The molecule has 2 unspecified atom stereocenters. The number of benzene rings is 1. The van der Waals surface area contributed by atoms with Crippen LogP contribution in [0.5, 0.6) is 5.88 Å². The minimum absolute atomic E-state index is 0.00371. The van der Waals surface area contributed by atoms with Gasteiger partial charge in [0.1, 0.15) is 11.2 Å². The molecule has 0 radical (unpaired) electrons. The third-order valence-corrected chi connectivity index (χ3v) is 6.29. The summed E-state index contributed by atoms with van der Waals surface area (Å²) in [6.45, 7) is 5.26.